The molecular weight excluding hydrogens is 298 g/mol. The molecule has 20 heavy (non-hydrogen) atoms. The predicted octanol–water partition coefficient (Wildman–Crippen LogP) is 3.05. The average Bonchev–Trinajstić information content (AvgIpc) is 2.36. The van der Waals surface area contributed by atoms with Gasteiger partial charge >= 0.3 is 5.97 Å². The molecule has 0 saturated carbocycles. The van der Waals surface area contributed by atoms with E-state index in [1.807, 2.05) is 32.0 Å². The van der Waals surface area contributed by atoms with E-state index in [9.17, 15) is 9.59 Å². The van der Waals surface area contributed by atoms with E-state index in [1.54, 1.807) is 6.07 Å². The van der Waals surface area contributed by atoms with Crippen molar-refractivity contribution in [3.63, 3.8) is 0 Å². The lowest BCUT2D eigenvalue weighted by Crippen LogP contribution is -2.42. The molecule has 0 radical (unpaired) electrons. The van der Waals surface area contributed by atoms with Gasteiger partial charge in [0.1, 0.15) is 6.04 Å². The summed E-state index contributed by atoms with van der Waals surface area (Å²) in [5, 5.41) is 12.2. The fraction of sp³-hybridized carbons (Fsp3) is 0.429. The van der Waals surface area contributed by atoms with Crippen molar-refractivity contribution in [2.75, 3.05) is 5.75 Å². The van der Waals surface area contributed by atoms with Crippen LogP contribution in [0, 0.1) is 5.92 Å². The van der Waals surface area contributed by atoms with E-state index in [0.717, 1.165) is 4.90 Å². The number of hydrogen-bond acceptors (Lipinski definition) is 3. The minimum Gasteiger partial charge on any atom is -0.480 e. The summed E-state index contributed by atoms with van der Waals surface area (Å²) in [6.45, 7) is 3.83. The van der Waals surface area contributed by atoms with Crippen LogP contribution in [-0.4, -0.2) is 28.8 Å². The van der Waals surface area contributed by atoms with Crippen LogP contribution in [-0.2, 0) is 9.59 Å². The number of halogens is 1. The molecule has 0 aliphatic carbocycles. The van der Waals surface area contributed by atoms with Crippen LogP contribution in [0.25, 0.3) is 0 Å². The molecular formula is C14H18ClNO3S. The van der Waals surface area contributed by atoms with Gasteiger partial charge in [0.05, 0.1) is 10.8 Å². The van der Waals surface area contributed by atoms with Crippen LogP contribution in [0.2, 0.25) is 5.02 Å². The third-order valence-corrected chi connectivity index (χ3v) is 4.05. The molecule has 1 aromatic rings. The molecule has 6 heteroatoms. The number of amides is 1. The number of rotatable bonds is 7. The van der Waals surface area contributed by atoms with Crippen molar-refractivity contribution in [1.29, 1.82) is 0 Å². The Morgan fingerprint density at radius 1 is 1.35 bits per heavy atom. The number of carbonyl (C=O) groups excluding carboxylic acids is 1. The van der Waals surface area contributed by atoms with E-state index in [2.05, 4.69) is 5.32 Å². The Kier molecular flexibility index (Phi) is 6.88. The van der Waals surface area contributed by atoms with Gasteiger partial charge in [0.25, 0.3) is 0 Å². The molecule has 0 saturated heterocycles. The zero-order chi connectivity index (χ0) is 15.1. The lowest BCUT2D eigenvalue weighted by molar-refractivity contribution is -0.141. The molecule has 1 atom stereocenters. The second-order valence-corrected chi connectivity index (χ2v) is 6.23. The summed E-state index contributed by atoms with van der Waals surface area (Å²) >= 11 is 7.28. The van der Waals surface area contributed by atoms with Crippen molar-refractivity contribution < 1.29 is 14.7 Å². The first-order chi connectivity index (χ1) is 9.40. The summed E-state index contributed by atoms with van der Waals surface area (Å²) in [4.78, 5) is 23.6. The first-order valence-corrected chi connectivity index (χ1v) is 7.66. The molecule has 4 nitrogen and oxygen atoms in total. The van der Waals surface area contributed by atoms with Gasteiger partial charge in [0, 0.05) is 4.90 Å². The highest BCUT2D eigenvalue weighted by molar-refractivity contribution is 8.00. The largest absolute Gasteiger partial charge is 0.480 e. The van der Waals surface area contributed by atoms with Crippen LogP contribution >= 0.6 is 23.4 Å². The number of thioether (sulfide) groups is 1. The zero-order valence-electron chi connectivity index (χ0n) is 11.4. The Hall–Kier alpha value is -1.20. The maximum absolute atomic E-state index is 11.8. The Balaban J connectivity index is 2.50. The normalized spacial score (nSPS) is 12.2. The minimum atomic E-state index is -1.00. The van der Waals surface area contributed by atoms with Gasteiger partial charge in [0.2, 0.25) is 5.91 Å². The lowest BCUT2D eigenvalue weighted by atomic mass is 10.0. The van der Waals surface area contributed by atoms with Crippen LogP contribution in [0.5, 0.6) is 0 Å². The van der Waals surface area contributed by atoms with Crippen LogP contribution < -0.4 is 5.32 Å². The van der Waals surface area contributed by atoms with E-state index < -0.39 is 12.0 Å². The number of hydrogen-bond donors (Lipinski definition) is 2. The second-order valence-electron chi connectivity index (χ2n) is 4.81. The Morgan fingerprint density at radius 2 is 2.00 bits per heavy atom. The van der Waals surface area contributed by atoms with Crippen LogP contribution in [0.1, 0.15) is 20.3 Å². The van der Waals surface area contributed by atoms with E-state index in [4.69, 9.17) is 16.7 Å². The zero-order valence-corrected chi connectivity index (χ0v) is 13.0. The molecule has 0 bridgehead atoms. The Bertz CT molecular complexity index is 479. The first-order valence-electron chi connectivity index (χ1n) is 6.29. The molecule has 1 rings (SSSR count). The van der Waals surface area contributed by atoms with Gasteiger partial charge in [-0.2, -0.15) is 0 Å². The van der Waals surface area contributed by atoms with Gasteiger partial charge in [-0.25, -0.2) is 4.79 Å². The number of carboxylic acid groups (broad SMARTS) is 1. The maximum atomic E-state index is 11.8. The smallest absolute Gasteiger partial charge is 0.326 e. The summed E-state index contributed by atoms with van der Waals surface area (Å²) < 4.78 is 0. The molecule has 0 aromatic heterocycles. The van der Waals surface area contributed by atoms with Gasteiger partial charge < -0.3 is 10.4 Å². The third-order valence-electron chi connectivity index (χ3n) is 2.54. The summed E-state index contributed by atoms with van der Waals surface area (Å²) in [5.41, 5.74) is 0. The molecule has 0 unspecified atom stereocenters. The van der Waals surface area contributed by atoms with Crippen molar-refractivity contribution in [2.45, 2.75) is 31.2 Å². The van der Waals surface area contributed by atoms with Gasteiger partial charge in [-0.1, -0.05) is 37.6 Å². The van der Waals surface area contributed by atoms with E-state index >= 15 is 0 Å². The standard InChI is InChI=1S/C14H18ClNO3S/c1-9(2)7-11(14(18)19)16-13(17)8-20-12-6-4-3-5-10(12)15/h3-6,9,11H,7-8H2,1-2H3,(H,16,17)(H,18,19)/t11-/m1/s1. The van der Waals surface area contributed by atoms with Crippen molar-refractivity contribution in [3.05, 3.63) is 29.3 Å². The van der Waals surface area contributed by atoms with Crippen molar-refractivity contribution >= 4 is 35.2 Å². The Labute approximate surface area is 127 Å². The van der Waals surface area contributed by atoms with Crippen molar-refractivity contribution in [3.8, 4) is 0 Å². The highest BCUT2D eigenvalue weighted by atomic mass is 35.5. The molecule has 110 valence electrons. The summed E-state index contributed by atoms with van der Waals surface area (Å²) in [6, 6.07) is 6.39. The van der Waals surface area contributed by atoms with E-state index in [1.165, 1.54) is 11.8 Å². The second kappa shape index (κ2) is 8.17. The van der Waals surface area contributed by atoms with E-state index in [-0.39, 0.29) is 17.6 Å². The SMILES string of the molecule is CC(C)C[C@@H](NC(=O)CSc1ccccc1Cl)C(=O)O. The molecule has 0 fully saturated rings. The Morgan fingerprint density at radius 3 is 2.55 bits per heavy atom. The molecule has 0 heterocycles. The molecule has 2 N–H and O–H groups in total. The van der Waals surface area contributed by atoms with Gasteiger partial charge in [0.15, 0.2) is 0 Å². The average molecular weight is 316 g/mol. The number of carboxylic acids is 1. The predicted molar refractivity (Wildman–Crippen MR) is 81.2 cm³/mol. The topological polar surface area (TPSA) is 66.4 Å². The summed E-state index contributed by atoms with van der Waals surface area (Å²) in [6.07, 6.45) is 0.415. The summed E-state index contributed by atoms with van der Waals surface area (Å²) in [5.74, 6) is -0.962. The highest BCUT2D eigenvalue weighted by Crippen LogP contribution is 2.26. The molecule has 0 spiro atoms. The van der Waals surface area contributed by atoms with Crippen LogP contribution in [0.3, 0.4) is 0 Å². The highest BCUT2D eigenvalue weighted by Gasteiger charge is 2.21. The van der Waals surface area contributed by atoms with Gasteiger partial charge in [-0.3, -0.25) is 4.79 Å². The maximum Gasteiger partial charge on any atom is 0.326 e. The number of carbonyl (C=O) groups is 2. The van der Waals surface area contributed by atoms with Gasteiger partial charge in [-0.05, 0) is 24.5 Å². The molecule has 1 amide bonds. The fourth-order valence-electron chi connectivity index (χ4n) is 1.63. The van der Waals surface area contributed by atoms with Crippen molar-refractivity contribution in [2.24, 2.45) is 5.92 Å². The van der Waals surface area contributed by atoms with Crippen molar-refractivity contribution in [1.82, 2.24) is 5.32 Å². The minimum absolute atomic E-state index is 0.144. The molecule has 1 aromatic carbocycles. The van der Waals surface area contributed by atoms with Gasteiger partial charge in [-0.15, -0.1) is 11.8 Å². The number of benzene rings is 1. The molecule has 0 aliphatic rings. The summed E-state index contributed by atoms with van der Waals surface area (Å²) in [7, 11) is 0. The molecule has 0 aliphatic heterocycles. The monoisotopic (exact) mass is 315 g/mol. The number of nitrogens with one attached hydrogen (secondary N) is 1. The van der Waals surface area contributed by atoms with Crippen LogP contribution in [0.4, 0.5) is 0 Å². The lowest BCUT2D eigenvalue weighted by Gasteiger charge is -2.16. The van der Waals surface area contributed by atoms with Crippen LogP contribution in [0.15, 0.2) is 29.2 Å². The quantitative estimate of drug-likeness (QED) is 0.759. The first kappa shape index (κ1) is 16.9. The number of aliphatic carboxylic acids is 1. The third kappa shape index (κ3) is 5.84. The fourth-order valence-corrected chi connectivity index (χ4v) is 2.68. The van der Waals surface area contributed by atoms with E-state index in [0.29, 0.717) is 11.4 Å².